The Morgan fingerprint density at radius 3 is 1.65 bits per heavy atom. The molecule has 3 unspecified atom stereocenters. The number of rotatable bonds is 33. The summed E-state index contributed by atoms with van der Waals surface area (Å²) in [6.45, 7) is 3.36. The first-order valence-corrected chi connectivity index (χ1v) is 21.0. The van der Waals surface area contributed by atoms with Crippen LogP contribution in [-0.4, -0.2) is 87.5 Å². The van der Waals surface area contributed by atoms with Crippen molar-refractivity contribution in [2.24, 2.45) is 5.92 Å². The lowest BCUT2D eigenvalue weighted by atomic mass is 9.94. The van der Waals surface area contributed by atoms with Crippen molar-refractivity contribution in [2.45, 2.75) is 179 Å². The zero-order chi connectivity index (χ0) is 40.4. The van der Waals surface area contributed by atoms with Gasteiger partial charge in [-0.3, -0.25) is 9.59 Å². The third-order valence-electron chi connectivity index (χ3n) is 9.47. The Kier molecular flexibility index (Phi) is 31.4. The minimum atomic E-state index is -1.62. The largest absolute Gasteiger partial charge is 0.481 e. The van der Waals surface area contributed by atoms with E-state index in [2.05, 4.69) is 86.8 Å². The molecule has 0 aromatic rings. The molecule has 10 nitrogen and oxygen atoms in total. The lowest BCUT2D eigenvalue weighted by molar-refractivity contribution is -0.305. The fraction of sp³-hybridized carbons (Fsp3) is 0.689. The molecule has 314 valence electrons. The van der Waals surface area contributed by atoms with Crippen LogP contribution < -0.4 is 0 Å². The number of carboxylic acids is 1. The Morgan fingerprint density at radius 2 is 1.13 bits per heavy atom. The molecule has 1 aliphatic heterocycles. The van der Waals surface area contributed by atoms with Gasteiger partial charge in [0.2, 0.25) is 0 Å². The number of carbonyl (C=O) groups excluding carboxylic acids is 1. The summed E-state index contributed by atoms with van der Waals surface area (Å²) in [5.41, 5.74) is 0. The Labute approximate surface area is 331 Å². The van der Waals surface area contributed by atoms with Gasteiger partial charge in [-0.25, -0.2) is 0 Å². The number of esters is 1. The van der Waals surface area contributed by atoms with E-state index in [-0.39, 0.29) is 19.4 Å². The number of hydrogen-bond donors (Lipinski definition) is 5. The van der Waals surface area contributed by atoms with Crippen molar-refractivity contribution in [2.75, 3.05) is 13.2 Å². The van der Waals surface area contributed by atoms with Gasteiger partial charge in [0.15, 0.2) is 6.29 Å². The summed E-state index contributed by atoms with van der Waals surface area (Å²) in [4.78, 5) is 25.2. The van der Waals surface area contributed by atoms with Gasteiger partial charge >= 0.3 is 11.9 Å². The summed E-state index contributed by atoms with van der Waals surface area (Å²) in [7, 11) is 0. The molecule has 7 atom stereocenters. The second-order valence-electron chi connectivity index (χ2n) is 14.3. The van der Waals surface area contributed by atoms with Crippen LogP contribution in [0.25, 0.3) is 0 Å². The SMILES string of the molecule is CC/C=C\C/C=C\C/C=C\CCCCCCCC(=O)OC(COC1O[C@H](CO)[C@H](O)[C@H](O)[C@H]1O)CC(CCCCCC/C=C\C/C=C\C/C=C\CC)C(=O)O. The van der Waals surface area contributed by atoms with Crippen LogP contribution in [0.5, 0.6) is 0 Å². The molecule has 0 amide bonds. The topological polar surface area (TPSA) is 163 Å². The molecule has 1 heterocycles. The van der Waals surface area contributed by atoms with Gasteiger partial charge in [0, 0.05) is 6.42 Å². The van der Waals surface area contributed by atoms with Crippen LogP contribution in [0.2, 0.25) is 0 Å². The van der Waals surface area contributed by atoms with Crippen LogP contribution in [0.15, 0.2) is 72.9 Å². The zero-order valence-electron chi connectivity index (χ0n) is 33.8. The van der Waals surface area contributed by atoms with Crippen molar-refractivity contribution in [1.29, 1.82) is 0 Å². The van der Waals surface area contributed by atoms with Gasteiger partial charge in [0.25, 0.3) is 0 Å². The van der Waals surface area contributed by atoms with Gasteiger partial charge in [0.1, 0.15) is 30.5 Å². The quantitative estimate of drug-likeness (QED) is 0.0248. The Balaban J connectivity index is 2.55. The molecule has 0 aromatic heterocycles. The predicted molar refractivity (Wildman–Crippen MR) is 219 cm³/mol. The highest BCUT2D eigenvalue weighted by Gasteiger charge is 2.44. The number of allylic oxidation sites excluding steroid dienone is 12. The molecule has 5 N–H and O–H groups in total. The van der Waals surface area contributed by atoms with E-state index in [0.717, 1.165) is 96.3 Å². The molecule has 0 spiro atoms. The Bertz CT molecular complexity index is 1140. The van der Waals surface area contributed by atoms with E-state index in [1.807, 2.05) is 0 Å². The Hall–Kier alpha value is -2.86. The second kappa shape index (κ2) is 34.4. The van der Waals surface area contributed by atoms with Crippen LogP contribution in [0.3, 0.4) is 0 Å². The van der Waals surface area contributed by atoms with E-state index >= 15 is 0 Å². The number of unbranched alkanes of at least 4 members (excludes halogenated alkanes) is 9. The van der Waals surface area contributed by atoms with Crippen LogP contribution in [0, 0.1) is 5.92 Å². The van der Waals surface area contributed by atoms with Gasteiger partial charge in [-0.05, 0) is 83.5 Å². The van der Waals surface area contributed by atoms with Crippen molar-refractivity contribution in [3.05, 3.63) is 72.9 Å². The molecule has 55 heavy (non-hydrogen) atoms. The highest BCUT2D eigenvalue weighted by Crippen LogP contribution is 2.24. The van der Waals surface area contributed by atoms with E-state index in [9.17, 15) is 35.1 Å². The third-order valence-corrected chi connectivity index (χ3v) is 9.47. The van der Waals surface area contributed by atoms with E-state index < -0.39 is 61.3 Å². The average Bonchev–Trinajstić information content (AvgIpc) is 3.17. The molecule has 0 radical (unpaired) electrons. The minimum absolute atomic E-state index is 0.0161. The van der Waals surface area contributed by atoms with Crippen molar-refractivity contribution in [3.8, 4) is 0 Å². The summed E-state index contributed by atoms with van der Waals surface area (Å²) in [6.07, 6.45) is 34.7. The molecular weight excluding hydrogens is 700 g/mol. The van der Waals surface area contributed by atoms with Gasteiger partial charge in [0.05, 0.1) is 19.1 Å². The molecule has 0 bridgehead atoms. The van der Waals surface area contributed by atoms with Gasteiger partial charge in [-0.15, -0.1) is 0 Å². The average molecular weight is 775 g/mol. The summed E-state index contributed by atoms with van der Waals surface area (Å²) in [6, 6.07) is 0. The number of aliphatic carboxylic acids is 1. The van der Waals surface area contributed by atoms with Crippen molar-refractivity contribution < 1.29 is 49.3 Å². The van der Waals surface area contributed by atoms with Crippen LogP contribution in [0.4, 0.5) is 0 Å². The first-order chi connectivity index (χ1) is 26.7. The lowest BCUT2D eigenvalue weighted by Crippen LogP contribution is -2.59. The maximum absolute atomic E-state index is 12.9. The normalized spacial score (nSPS) is 22.0. The monoisotopic (exact) mass is 775 g/mol. The Morgan fingerprint density at radius 1 is 0.636 bits per heavy atom. The molecule has 1 fully saturated rings. The molecule has 0 saturated carbocycles. The number of ether oxygens (including phenoxy) is 3. The third kappa shape index (κ3) is 25.8. The number of carbonyl (C=O) groups is 2. The summed E-state index contributed by atoms with van der Waals surface area (Å²) in [5, 5.41) is 50.3. The molecule has 1 rings (SSSR count). The van der Waals surface area contributed by atoms with Crippen LogP contribution >= 0.6 is 0 Å². The van der Waals surface area contributed by atoms with Crippen molar-refractivity contribution >= 4 is 11.9 Å². The van der Waals surface area contributed by atoms with Crippen molar-refractivity contribution in [1.82, 2.24) is 0 Å². The molecule has 0 aliphatic carbocycles. The smallest absolute Gasteiger partial charge is 0.306 e. The molecule has 1 aliphatic rings. The maximum atomic E-state index is 12.9. The summed E-state index contributed by atoms with van der Waals surface area (Å²) < 4.78 is 16.9. The van der Waals surface area contributed by atoms with E-state index in [0.29, 0.717) is 19.3 Å². The highest BCUT2D eigenvalue weighted by atomic mass is 16.7. The van der Waals surface area contributed by atoms with Gasteiger partial charge in [-0.1, -0.05) is 125 Å². The molecule has 1 saturated heterocycles. The lowest BCUT2D eigenvalue weighted by Gasteiger charge is -2.40. The number of carboxylic acid groups (broad SMARTS) is 1. The van der Waals surface area contributed by atoms with E-state index in [1.54, 1.807) is 0 Å². The van der Waals surface area contributed by atoms with Crippen LogP contribution in [-0.2, 0) is 23.8 Å². The van der Waals surface area contributed by atoms with Crippen molar-refractivity contribution in [3.63, 3.8) is 0 Å². The minimum Gasteiger partial charge on any atom is -0.481 e. The maximum Gasteiger partial charge on any atom is 0.306 e. The standard InChI is InChI=1S/C45H74O10/c1-3-5-7-9-11-13-15-17-19-21-23-25-27-29-31-33-40(47)54-38(36-53-45-43(50)42(49)41(48)39(35-46)55-45)34-37(44(51)52)32-30-28-26-24-22-20-18-16-14-12-10-8-6-4-2/h5-8,11-14,17-20,37-39,41-43,45-46,48-50H,3-4,9-10,15-16,21-36H2,1-2H3,(H,51,52)/b7-5-,8-6-,13-11-,14-12-,19-17-,20-18-/t37?,38?,39-,41+,42+,43-,45?/m1/s1. The van der Waals surface area contributed by atoms with E-state index in [4.69, 9.17) is 14.2 Å². The zero-order valence-corrected chi connectivity index (χ0v) is 33.8. The summed E-state index contributed by atoms with van der Waals surface area (Å²) >= 11 is 0. The predicted octanol–water partition coefficient (Wildman–Crippen LogP) is 8.59. The van der Waals surface area contributed by atoms with Crippen LogP contribution in [0.1, 0.15) is 142 Å². The number of hydrogen-bond acceptors (Lipinski definition) is 9. The first kappa shape index (κ1) is 50.2. The number of aliphatic hydroxyl groups excluding tert-OH is 4. The first-order valence-electron chi connectivity index (χ1n) is 21.0. The van der Waals surface area contributed by atoms with E-state index in [1.165, 1.54) is 0 Å². The van der Waals surface area contributed by atoms with Gasteiger partial charge < -0.3 is 39.7 Å². The molecule has 0 aromatic carbocycles. The number of aliphatic hydroxyl groups is 4. The molecule has 10 heteroatoms. The second-order valence-corrected chi connectivity index (χ2v) is 14.3. The fourth-order valence-electron chi connectivity index (χ4n) is 6.18. The van der Waals surface area contributed by atoms with Gasteiger partial charge in [-0.2, -0.15) is 0 Å². The summed E-state index contributed by atoms with van der Waals surface area (Å²) in [5.74, 6) is -2.21. The fourth-order valence-corrected chi connectivity index (χ4v) is 6.18. The molecular formula is C45H74O10. The highest BCUT2D eigenvalue weighted by molar-refractivity contribution is 5.71.